The number of aryl methyl sites for hydroxylation is 1. The smallest absolute Gasteiger partial charge is 0.109 e. The largest absolute Gasteiger partial charge is 0.386 e. The molecule has 1 aromatic rings. The Bertz CT molecular complexity index is 304. The van der Waals surface area contributed by atoms with Crippen LogP contribution in [0.5, 0.6) is 0 Å². The van der Waals surface area contributed by atoms with E-state index in [-0.39, 0.29) is 6.42 Å². The van der Waals surface area contributed by atoms with Gasteiger partial charge in [-0.1, -0.05) is 6.07 Å². The molecule has 0 aliphatic carbocycles. The SMILES string of the molecule is Cc1cccc(C(O)CC#N)n1. The molecule has 1 atom stereocenters. The van der Waals surface area contributed by atoms with Crippen molar-refractivity contribution in [2.24, 2.45) is 0 Å². The number of rotatable bonds is 2. The minimum absolute atomic E-state index is 0.0937. The minimum Gasteiger partial charge on any atom is -0.386 e. The van der Waals surface area contributed by atoms with Gasteiger partial charge >= 0.3 is 0 Å². The molecule has 62 valence electrons. The third kappa shape index (κ3) is 2.04. The van der Waals surface area contributed by atoms with Gasteiger partial charge in [-0.05, 0) is 19.1 Å². The van der Waals surface area contributed by atoms with Gasteiger partial charge in [0.25, 0.3) is 0 Å². The van der Waals surface area contributed by atoms with Gasteiger partial charge in [0.15, 0.2) is 0 Å². The molecule has 1 aromatic heterocycles. The van der Waals surface area contributed by atoms with E-state index in [2.05, 4.69) is 4.98 Å². The lowest BCUT2D eigenvalue weighted by Crippen LogP contribution is -1.99. The summed E-state index contributed by atoms with van der Waals surface area (Å²) < 4.78 is 0. The summed E-state index contributed by atoms with van der Waals surface area (Å²) in [7, 11) is 0. The van der Waals surface area contributed by atoms with Crippen LogP contribution in [0.3, 0.4) is 0 Å². The van der Waals surface area contributed by atoms with Crippen LogP contribution in [-0.2, 0) is 0 Å². The lowest BCUT2D eigenvalue weighted by molar-refractivity contribution is 0.178. The van der Waals surface area contributed by atoms with Crippen molar-refractivity contribution in [2.75, 3.05) is 0 Å². The lowest BCUT2D eigenvalue weighted by atomic mass is 10.2. The molecule has 0 amide bonds. The van der Waals surface area contributed by atoms with Crippen LogP contribution in [0.15, 0.2) is 18.2 Å². The highest BCUT2D eigenvalue weighted by Gasteiger charge is 2.07. The zero-order valence-electron chi connectivity index (χ0n) is 6.86. The van der Waals surface area contributed by atoms with Crippen LogP contribution in [-0.4, -0.2) is 10.1 Å². The fourth-order valence-electron chi connectivity index (χ4n) is 0.941. The molecule has 0 bridgehead atoms. The van der Waals surface area contributed by atoms with E-state index in [0.717, 1.165) is 5.69 Å². The molecular weight excluding hydrogens is 152 g/mol. The highest BCUT2D eigenvalue weighted by molar-refractivity contribution is 5.12. The van der Waals surface area contributed by atoms with Crippen molar-refractivity contribution in [1.29, 1.82) is 5.26 Å². The second-order valence-electron chi connectivity index (χ2n) is 2.58. The van der Waals surface area contributed by atoms with E-state index in [4.69, 9.17) is 5.26 Å². The molecule has 0 radical (unpaired) electrons. The summed E-state index contributed by atoms with van der Waals surface area (Å²) in [6.45, 7) is 1.85. The highest BCUT2D eigenvalue weighted by Crippen LogP contribution is 2.12. The molecule has 3 nitrogen and oxygen atoms in total. The third-order valence-corrected chi connectivity index (χ3v) is 1.54. The molecule has 0 fully saturated rings. The Balaban J connectivity index is 2.82. The van der Waals surface area contributed by atoms with Crippen molar-refractivity contribution in [2.45, 2.75) is 19.4 Å². The van der Waals surface area contributed by atoms with Gasteiger partial charge < -0.3 is 5.11 Å². The Morgan fingerprint density at radius 3 is 3.00 bits per heavy atom. The zero-order chi connectivity index (χ0) is 8.97. The van der Waals surface area contributed by atoms with E-state index >= 15 is 0 Å². The van der Waals surface area contributed by atoms with Gasteiger partial charge in [0.2, 0.25) is 0 Å². The van der Waals surface area contributed by atoms with Crippen molar-refractivity contribution >= 4 is 0 Å². The monoisotopic (exact) mass is 162 g/mol. The summed E-state index contributed by atoms with van der Waals surface area (Å²) in [6, 6.07) is 7.28. The number of nitriles is 1. The van der Waals surface area contributed by atoms with Gasteiger partial charge in [-0.3, -0.25) is 4.98 Å². The molecule has 3 heteroatoms. The van der Waals surface area contributed by atoms with Gasteiger partial charge in [0.1, 0.15) is 6.10 Å². The number of pyridine rings is 1. The van der Waals surface area contributed by atoms with E-state index in [1.807, 2.05) is 25.1 Å². The quantitative estimate of drug-likeness (QED) is 0.713. The average Bonchev–Trinajstić information content (AvgIpc) is 2.05. The number of aliphatic hydroxyl groups excluding tert-OH is 1. The average molecular weight is 162 g/mol. The first kappa shape index (κ1) is 8.69. The summed E-state index contributed by atoms with van der Waals surface area (Å²) in [4.78, 5) is 4.09. The lowest BCUT2D eigenvalue weighted by Gasteiger charge is -2.05. The summed E-state index contributed by atoms with van der Waals surface area (Å²) in [6.07, 6.45) is -0.661. The summed E-state index contributed by atoms with van der Waals surface area (Å²) in [5.74, 6) is 0. The number of nitrogens with zero attached hydrogens (tertiary/aromatic N) is 2. The molecule has 1 N–H and O–H groups in total. The number of hydrogen-bond acceptors (Lipinski definition) is 3. The maximum Gasteiger partial charge on any atom is 0.109 e. The van der Waals surface area contributed by atoms with Gasteiger partial charge in [-0.15, -0.1) is 0 Å². The van der Waals surface area contributed by atoms with Crippen LogP contribution in [0, 0.1) is 18.3 Å². The number of aromatic nitrogens is 1. The van der Waals surface area contributed by atoms with Crippen molar-refractivity contribution in [3.8, 4) is 6.07 Å². The van der Waals surface area contributed by atoms with E-state index in [0.29, 0.717) is 5.69 Å². The van der Waals surface area contributed by atoms with Crippen LogP contribution in [0.1, 0.15) is 23.9 Å². The molecular formula is C9H10N2O. The molecule has 0 aliphatic heterocycles. The first-order valence-electron chi connectivity index (χ1n) is 3.72. The molecule has 0 saturated carbocycles. The van der Waals surface area contributed by atoms with Crippen LogP contribution >= 0.6 is 0 Å². The van der Waals surface area contributed by atoms with Crippen LogP contribution < -0.4 is 0 Å². The second kappa shape index (κ2) is 3.84. The summed E-state index contributed by atoms with van der Waals surface area (Å²) in [5.41, 5.74) is 1.42. The zero-order valence-corrected chi connectivity index (χ0v) is 6.86. The maximum atomic E-state index is 9.36. The predicted molar refractivity (Wildman–Crippen MR) is 44.2 cm³/mol. The summed E-state index contributed by atoms with van der Waals surface area (Å²) >= 11 is 0. The van der Waals surface area contributed by atoms with Gasteiger partial charge in [-0.25, -0.2) is 0 Å². The molecule has 0 saturated heterocycles. The van der Waals surface area contributed by atoms with E-state index in [9.17, 15) is 5.11 Å². The standard InChI is InChI=1S/C9H10N2O/c1-7-3-2-4-8(11-7)9(12)5-6-10/h2-4,9,12H,5H2,1H3. The predicted octanol–water partition coefficient (Wildman–Crippen LogP) is 1.34. The van der Waals surface area contributed by atoms with Crippen molar-refractivity contribution < 1.29 is 5.11 Å². The van der Waals surface area contributed by atoms with Crippen LogP contribution in [0.2, 0.25) is 0 Å². The van der Waals surface area contributed by atoms with Gasteiger partial charge in [0.05, 0.1) is 18.2 Å². The Kier molecular flexibility index (Phi) is 2.78. The molecule has 1 heterocycles. The Hall–Kier alpha value is -1.40. The van der Waals surface area contributed by atoms with Crippen LogP contribution in [0.25, 0.3) is 0 Å². The topological polar surface area (TPSA) is 56.9 Å². The van der Waals surface area contributed by atoms with E-state index in [1.54, 1.807) is 6.07 Å². The van der Waals surface area contributed by atoms with E-state index in [1.165, 1.54) is 0 Å². The third-order valence-electron chi connectivity index (χ3n) is 1.54. The molecule has 0 aliphatic rings. The van der Waals surface area contributed by atoms with Gasteiger partial charge in [-0.2, -0.15) is 5.26 Å². The summed E-state index contributed by atoms with van der Waals surface area (Å²) in [5, 5.41) is 17.7. The second-order valence-corrected chi connectivity index (χ2v) is 2.58. The van der Waals surface area contributed by atoms with Crippen LogP contribution in [0.4, 0.5) is 0 Å². The van der Waals surface area contributed by atoms with Crippen molar-refractivity contribution in [1.82, 2.24) is 4.98 Å². The Morgan fingerprint density at radius 1 is 1.67 bits per heavy atom. The molecule has 1 rings (SSSR count). The highest BCUT2D eigenvalue weighted by atomic mass is 16.3. The maximum absolute atomic E-state index is 9.36. The normalized spacial score (nSPS) is 12.1. The Labute approximate surface area is 71.3 Å². The molecule has 12 heavy (non-hydrogen) atoms. The van der Waals surface area contributed by atoms with E-state index < -0.39 is 6.10 Å². The molecule has 0 aromatic carbocycles. The molecule has 1 unspecified atom stereocenters. The van der Waals surface area contributed by atoms with Crippen molar-refractivity contribution in [3.63, 3.8) is 0 Å². The fourth-order valence-corrected chi connectivity index (χ4v) is 0.941. The first-order valence-corrected chi connectivity index (χ1v) is 3.72. The Morgan fingerprint density at radius 2 is 2.42 bits per heavy atom. The minimum atomic E-state index is -0.755. The fraction of sp³-hybridized carbons (Fsp3) is 0.333. The van der Waals surface area contributed by atoms with Gasteiger partial charge in [0, 0.05) is 5.69 Å². The first-order chi connectivity index (χ1) is 5.74. The van der Waals surface area contributed by atoms with Crippen molar-refractivity contribution in [3.05, 3.63) is 29.6 Å². The number of hydrogen-bond donors (Lipinski definition) is 1. The molecule has 0 spiro atoms. The number of aliphatic hydroxyl groups is 1.